The summed E-state index contributed by atoms with van der Waals surface area (Å²) in [5.74, 6) is 0. The van der Waals surface area contributed by atoms with Gasteiger partial charge in [0, 0.05) is 7.05 Å². The number of thiophene rings is 1. The Labute approximate surface area is 99.1 Å². The minimum atomic E-state index is -4.37. The van der Waals surface area contributed by atoms with Crippen LogP contribution in [0.5, 0.6) is 0 Å². The summed E-state index contributed by atoms with van der Waals surface area (Å²) in [6.07, 6.45) is -4.37. The van der Waals surface area contributed by atoms with Gasteiger partial charge in [-0.2, -0.15) is 18.3 Å². The number of aryl methyl sites for hydroxylation is 1. The molecule has 0 bridgehead atoms. The lowest BCUT2D eigenvalue weighted by molar-refractivity contribution is -0.143. The van der Waals surface area contributed by atoms with Gasteiger partial charge in [0.05, 0.1) is 9.09 Å². The molecule has 0 aliphatic rings. The van der Waals surface area contributed by atoms with Gasteiger partial charge in [0.2, 0.25) is 0 Å². The zero-order chi connectivity index (χ0) is 11.9. The highest BCUT2D eigenvalue weighted by Crippen LogP contribution is 2.34. The molecule has 0 atom stereocenters. The van der Waals surface area contributed by atoms with Crippen LogP contribution in [0, 0.1) is 0 Å². The molecule has 0 unspecified atom stereocenters. The van der Waals surface area contributed by atoms with Gasteiger partial charge >= 0.3 is 6.18 Å². The number of hydrogen-bond donors (Lipinski definition) is 1. The molecular weight excluding hydrogens is 257 g/mol. The highest BCUT2D eigenvalue weighted by atomic mass is 32.2. The van der Waals surface area contributed by atoms with Crippen LogP contribution in [0.15, 0.2) is 22.4 Å². The topological polar surface area (TPSA) is 17.8 Å². The Kier molecular flexibility index (Phi) is 2.75. The van der Waals surface area contributed by atoms with Crippen molar-refractivity contribution in [2.45, 2.75) is 10.4 Å². The molecule has 2 heterocycles. The molecule has 2 rings (SSSR count). The number of halogens is 3. The van der Waals surface area contributed by atoms with Crippen LogP contribution in [0.2, 0.25) is 0 Å². The summed E-state index contributed by atoms with van der Waals surface area (Å²) in [6.45, 7) is 0. The Morgan fingerprint density at radius 1 is 1.38 bits per heavy atom. The van der Waals surface area contributed by atoms with Gasteiger partial charge < -0.3 is 0 Å². The van der Waals surface area contributed by atoms with Crippen LogP contribution in [0.3, 0.4) is 0 Å². The average molecular weight is 264 g/mol. The van der Waals surface area contributed by atoms with Gasteiger partial charge in [-0.25, -0.2) is 0 Å². The molecule has 2 aromatic rings. The van der Waals surface area contributed by atoms with Crippen LogP contribution in [0.25, 0.3) is 10.6 Å². The van der Waals surface area contributed by atoms with Crippen molar-refractivity contribution in [1.82, 2.24) is 9.78 Å². The van der Waals surface area contributed by atoms with Crippen molar-refractivity contribution in [3.63, 3.8) is 0 Å². The Hall–Kier alpha value is -0.950. The summed E-state index contributed by atoms with van der Waals surface area (Å²) >= 11 is 5.40. The lowest BCUT2D eigenvalue weighted by atomic mass is 10.3. The summed E-state index contributed by atoms with van der Waals surface area (Å²) in [5, 5.41) is 3.83. The fraction of sp³-hybridized carbons (Fsp3) is 0.222. The summed E-state index contributed by atoms with van der Waals surface area (Å²) in [5.41, 5.74) is -0.434. The third-order valence-electron chi connectivity index (χ3n) is 2.01. The standard InChI is InChI=1S/C9H7F3N2S2/c1-14-7(9(10,11)12)4-5(13-14)6-2-3-8(15)16-6/h2-4,15H,1H3. The molecule has 0 aromatic carbocycles. The Bertz CT molecular complexity index is 513. The number of hydrogen-bond acceptors (Lipinski definition) is 3. The number of nitrogens with zero attached hydrogens (tertiary/aromatic N) is 2. The summed E-state index contributed by atoms with van der Waals surface area (Å²) in [7, 11) is 1.28. The monoisotopic (exact) mass is 264 g/mol. The van der Waals surface area contributed by atoms with Crippen LogP contribution in [-0.4, -0.2) is 9.78 Å². The average Bonchev–Trinajstić information content (AvgIpc) is 2.70. The second-order valence-corrected chi connectivity index (χ2v) is 5.04. The lowest BCUT2D eigenvalue weighted by Crippen LogP contribution is -2.11. The van der Waals surface area contributed by atoms with Gasteiger partial charge in [0.15, 0.2) is 0 Å². The summed E-state index contributed by atoms with van der Waals surface area (Å²) in [4.78, 5) is 0.677. The first-order valence-electron chi connectivity index (χ1n) is 4.28. The normalized spacial score (nSPS) is 12.1. The molecule has 2 aromatic heterocycles. The highest BCUT2D eigenvalue weighted by Gasteiger charge is 2.35. The predicted molar refractivity (Wildman–Crippen MR) is 58.8 cm³/mol. The van der Waals surface area contributed by atoms with E-state index in [0.29, 0.717) is 10.6 Å². The third kappa shape index (κ3) is 2.10. The van der Waals surface area contributed by atoms with Crippen molar-refractivity contribution < 1.29 is 13.2 Å². The molecular formula is C9H7F3N2S2. The molecule has 7 heteroatoms. The first kappa shape index (κ1) is 11.5. The SMILES string of the molecule is Cn1nc(-c2ccc(S)s2)cc1C(F)(F)F. The molecule has 2 nitrogen and oxygen atoms in total. The molecule has 86 valence electrons. The lowest BCUT2D eigenvalue weighted by Gasteiger charge is -2.04. The van der Waals surface area contributed by atoms with Gasteiger partial charge in [-0.15, -0.1) is 24.0 Å². The number of rotatable bonds is 1. The Balaban J connectivity index is 2.46. The van der Waals surface area contributed by atoms with Crippen molar-refractivity contribution in [3.05, 3.63) is 23.9 Å². The van der Waals surface area contributed by atoms with E-state index in [-0.39, 0.29) is 0 Å². The van der Waals surface area contributed by atoms with Crippen molar-refractivity contribution in [3.8, 4) is 10.6 Å². The van der Waals surface area contributed by atoms with Crippen molar-refractivity contribution in [2.24, 2.45) is 7.05 Å². The van der Waals surface area contributed by atoms with E-state index < -0.39 is 11.9 Å². The molecule has 0 spiro atoms. The van der Waals surface area contributed by atoms with E-state index in [1.54, 1.807) is 12.1 Å². The van der Waals surface area contributed by atoms with Crippen LogP contribution < -0.4 is 0 Å². The second kappa shape index (κ2) is 3.81. The fourth-order valence-corrected chi connectivity index (χ4v) is 2.39. The van der Waals surface area contributed by atoms with Crippen molar-refractivity contribution in [1.29, 1.82) is 0 Å². The van der Waals surface area contributed by atoms with Crippen LogP contribution in [0.1, 0.15) is 5.69 Å². The first-order valence-corrected chi connectivity index (χ1v) is 5.54. The molecule has 0 aliphatic carbocycles. The van der Waals surface area contributed by atoms with Gasteiger partial charge in [-0.1, -0.05) is 0 Å². The smallest absolute Gasteiger partial charge is 0.263 e. The van der Waals surface area contributed by atoms with E-state index in [2.05, 4.69) is 17.7 Å². The zero-order valence-electron chi connectivity index (χ0n) is 8.12. The van der Waals surface area contributed by atoms with Crippen molar-refractivity contribution in [2.75, 3.05) is 0 Å². The van der Waals surface area contributed by atoms with E-state index in [4.69, 9.17) is 0 Å². The van der Waals surface area contributed by atoms with E-state index in [9.17, 15) is 13.2 Å². The maximum atomic E-state index is 12.5. The van der Waals surface area contributed by atoms with Crippen LogP contribution >= 0.6 is 24.0 Å². The molecule has 0 saturated carbocycles. The minimum Gasteiger partial charge on any atom is -0.263 e. The summed E-state index contributed by atoms with van der Waals surface area (Å²) < 4.78 is 39.1. The van der Waals surface area contributed by atoms with E-state index in [1.807, 2.05) is 0 Å². The molecule has 0 amide bonds. The molecule has 0 N–H and O–H groups in total. The van der Waals surface area contributed by atoms with Crippen LogP contribution in [0.4, 0.5) is 13.2 Å². The Morgan fingerprint density at radius 3 is 2.50 bits per heavy atom. The number of aromatic nitrogens is 2. The van der Waals surface area contributed by atoms with E-state index >= 15 is 0 Å². The predicted octanol–water partition coefficient (Wildman–Crippen LogP) is 3.46. The first-order chi connectivity index (χ1) is 7.38. The number of thiol groups is 1. The van der Waals surface area contributed by atoms with Gasteiger partial charge in [0.25, 0.3) is 0 Å². The Morgan fingerprint density at radius 2 is 2.06 bits per heavy atom. The maximum absolute atomic E-state index is 12.5. The molecule has 0 saturated heterocycles. The fourth-order valence-electron chi connectivity index (χ4n) is 1.32. The largest absolute Gasteiger partial charge is 0.433 e. The molecule has 0 aliphatic heterocycles. The van der Waals surface area contributed by atoms with Crippen molar-refractivity contribution >= 4 is 24.0 Å². The highest BCUT2D eigenvalue weighted by molar-refractivity contribution is 7.83. The van der Waals surface area contributed by atoms with Gasteiger partial charge in [-0.05, 0) is 18.2 Å². The maximum Gasteiger partial charge on any atom is 0.433 e. The van der Waals surface area contributed by atoms with E-state index in [1.165, 1.54) is 18.4 Å². The quantitative estimate of drug-likeness (QED) is 0.781. The third-order valence-corrected chi connectivity index (χ3v) is 3.35. The zero-order valence-corrected chi connectivity index (χ0v) is 9.83. The molecule has 0 radical (unpaired) electrons. The van der Waals surface area contributed by atoms with Gasteiger partial charge in [0.1, 0.15) is 11.4 Å². The van der Waals surface area contributed by atoms with Gasteiger partial charge in [-0.3, -0.25) is 4.68 Å². The molecule has 16 heavy (non-hydrogen) atoms. The van der Waals surface area contributed by atoms with Crippen LogP contribution in [-0.2, 0) is 13.2 Å². The minimum absolute atomic E-state index is 0.320. The second-order valence-electron chi connectivity index (χ2n) is 3.17. The number of alkyl halides is 3. The molecule has 0 fully saturated rings. The van der Waals surface area contributed by atoms with E-state index in [0.717, 1.165) is 15.0 Å². The summed E-state index contributed by atoms with van der Waals surface area (Å²) in [6, 6.07) is 4.47.